The molecule has 0 aromatic heterocycles. The van der Waals surface area contributed by atoms with Crippen LogP contribution in [-0.4, -0.2) is 52.1 Å². The summed E-state index contributed by atoms with van der Waals surface area (Å²) in [5.41, 5.74) is -2.11. The summed E-state index contributed by atoms with van der Waals surface area (Å²) in [5, 5.41) is 6.08. The van der Waals surface area contributed by atoms with Crippen molar-refractivity contribution in [2.24, 2.45) is 11.8 Å². The van der Waals surface area contributed by atoms with Crippen LogP contribution < -0.4 is 10.6 Å². The number of amides is 3. The lowest BCUT2D eigenvalue weighted by molar-refractivity contribution is -0.137. The molecule has 1 heterocycles. The van der Waals surface area contributed by atoms with Gasteiger partial charge in [0.1, 0.15) is 11.1 Å². The maximum Gasteiger partial charge on any atom is 0.410 e. The Morgan fingerprint density at radius 3 is 2.31 bits per heavy atom. The van der Waals surface area contributed by atoms with Gasteiger partial charge in [0.15, 0.2) is 0 Å². The van der Waals surface area contributed by atoms with E-state index in [2.05, 4.69) is 17.2 Å². The number of hydrogen-bond acceptors (Lipinski definition) is 4. The minimum atomic E-state index is -1.07. The molecule has 2 rings (SSSR count). The lowest BCUT2D eigenvalue weighted by Crippen LogP contribution is -2.66. The number of carbonyl (C=O) groups excluding carboxylic acids is 3. The van der Waals surface area contributed by atoms with E-state index >= 15 is 0 Å². The third-order valence-corrected chi connectivity index (χ3v) is 5.63. The normalized spacial score (nSPS) is 29.2. The minimum Gasteiger partial charge on any atom is -0.444 e. The second-order valence-corrected chi connectivity index (χ2v) is 10.3. The first-order valence-electron chi connectivity index (χ1n) is 10.4. The van der Waals surface area contributed by atoms with Crippen LogP contribution in [0.1, 0.15) is 67.7 Å². The van der Waals surface area contributed by atoms with Gasteiger partial charge in [-0.05, 0) is 66.7 Å². The Balaban J connectivity index is 2.43. The Morgan fingerprint density at radius 1 is 1.21 bits per heavy atom. The van der Waals surface area contributed by atoms with Crippen LogP contribution in [0.4, 0.5) is 4.79 Å². The van der Waals surface area contributed by atoms with Crippen molar-refractivity contribution < 1.29 is 19.1 Å². The van der Waals surface area contributed by atoms with Crippen LogP contribution in [0.2, 0.25) is 0 Å². The molecule has 4 atom stereocenters. The van der Waals surface area contributed by atoms with E-state index in [1.54, 1.807) is 11.0 Å². The van der Waals surface area contributed by atoms with Crippen molar-refractivity contribution in [3.63, 3.8) is 0 Å². The number of carbonyl (C=O) groups is 3. The predicted molar refractivity (Wildman–Crippen MR) is 112 cm³/mol. The first kappa shape index (κ1) is 23.2. The number of likely N-dealkylation sites (tertiary alicyclic amines) is 1. The zero-order chi connectivity index (χ0) is 22.2. The summed E-state index contributed by atoms with van der Waals surface area (Å²) >= 11 is 0. The highest BCUT2D eigenvalue weighted by atomic mass is 16.6. The Bertz CT molecular complexity index is 677. The van der Waals surface area contributed by atoms with Gasteiger partial charge in [-0.15, -0.1) is 6.58 Å². The van der Waals surface area contributed by atoms with Crippen LogP contribution in [0.5, 0.6) is 0 Å². The van der Waals surface area contributed by atoms with Gasteiger partial charge in [0, 0.05) is 31.0 Å². The fourth-order valence-corrected chi connectivity index (χ4v) is 4.83. The number of hydrogen-bond donors (Lipinski definition) is 2. The smallest absolute Gasteiger partial charge is 0.410 e. The summed E-state index contributed by atoms with van der Waals surface area (Å²) in [4.78, 5) is 40.3. The molecular formula is C22H37N3O4. The third kappa shape index (κ3) is 4.93. The van der Waals surface area contributed by atoms with Crippen molar-refractivity contribution in [1.82, 2.24) is 15.5 Å². The zero-order valence-corrected chi connectivity index (χ0v) is 18.9. The minimum absolute atomic E-state index is 0.147. The monoisotopic (exact) mass is 407 g/mol. The van der Waals surface area contributed by atoms with Crippen molar-refractivity contribution in [3.05, 3.63) is 12.7 Å². The molecule has 0 aromatic rings. The number of fused-ring (bicyclic) bond motifs is 1. The van der Waals surface area contributed by atoms with E-state index in [1.165, 1.54) is 6.92 Å². The number of nitrogens with one attached hydrogen (secondary N) is 2. The van der Waals surface area contributed by atoms with E-state index < -0.39 is 16.7 Å². The van der Waals surface area contributed by atoms with Crippen molar-refractivity contribution in [3.8, 4) is 0 Å². The molecule has 2 N–H and O–H groups in total. The molecule has 7 nitrogen and oxygen atoms in total. The summed E-state index contributed by atoms with van der Waals surface area (Å²) in [5.74, 6) is -0.761. The molecule has 164 valence electrons. The average Bonchev–Trinajstić information content (AvgIpc) is 3.03. The van der Waals surface area contributed by atoms with Crippen molar-refractivity contribution in [2.45, 2.75) is 90.4 Å². The number of ether oxygens (including phenoxy) is 1. The van der Waals surface area contributed by atoms with Gasteiger partial charge in [-0.3, -0.25) is 9.59 Å². The van der Waals surface area contributed by atoms with Gasteiger partial charge in [-0.2, -0.15) is 0 Å². The van der Waals surface area contributed by atoms with Crippen molar-refractivity contribution in [1.29, 1.82) is 0 Å². The summed E-state index contributed by atoms with van der Waals surface area (Å²) < 4.78 is 5.59. The number of nitrogens with zero attached hydrogens (tertiary/aromatic N) is 1. The second kappa shape index (κ2) is 8.00. The summed E-state index contributed by atoms with van der Waals surface area (Å²) in [6.45, 7) is 17.1. The van der Waals surface area contributed by atoms with Gasteiger partial charge in [0.25, 0.3) is 0 Å². The SMILES string of the molecule is C=CCC1CC2C(CCN2C(=O)OC(C)(C)C)C1(NC(C)=O)C(=O)NC(C)(C)C. The molecular weight excluding hydrogens is 370 g/mol. The van der Waals surface area contributed by atoms with Gasteiger partial charge in [-0.1, -0.05) is 6.08 Å². The maximum atomic E-state index is 13.6. The van der Waals surface area contributed by atoms with Crippen LogP contribution in [0.25, 0.3) is 0 Å². The summed E-state index contributed by atoms with van der Waals surface area (Å²) in [7, 11) is 0. The molecule has 0 aromatic carbocycles. The maximum absolute atomic E-state index is 13.6. The first-order valence-corrected chi connectivity index (χ1v) is 10.4. The fourth-order valence-electron chi connectivity index (χ4n) is 4.83. The van der Waals surface area contributed by atoms with E-state index in [0.29, 0.717) is 25.8 Å². The quantitative estimate of drug-likeness (QED) is 0.701. The third-order valence-electron chi connectivity index (χ3n) is 5.63. The highest BCUT2D eigenvalue weighted by Gasteiger charge is 2.63. The molecule has 4 unspecified atom stereocenters. The van der Waals surface area contributed by atoms with E-state index in [1.807, 2.05) is 41.5 Å². The molecule has 7 heteroatoms. The first-order chi connectivity index (χ1) is 13.2. The van der Waals surface area contributed by atoms with Gasteiger partial charge >= 0.3 is 6.09 Å². The Hall–Kier alpha value is -2.05. The molecule has 1 aliphatic heterocycles. The Morgan fingerprint density at radius 2 is 1.83 bits per heavy atom. The Labute approximate surface area is 174 Å². The molecule has 0 spiro atoms. The summed E-state index contributed by atoms with van der Waals surface area (Å²) in [6, 6.07) is -0.160. The van der Waals surface area contributed by atoms with E-state index in [4.69, 9.17) is 4.74 Å². The van der Waals surface area contributed by atoms with E-state index in [0.717, 1.165) is 0 Å². The van der Waals surface area contributed by atoms with Gasteiger partial charge in [0.05, 0.1) is 0 Å². The van der Waals surface area contributed by atoms with Crippen LogP contribution in [0, 0.1) is 11.8 Å². The molecule has 1 saturated carbocycles. The average molecular weight is 408 g/mol. The van der Waals surface area contributed by atoms with Gasteiger partial charge in [-0.25, -0.2) is 4.79 Å². The zero-order valence-electron chi connectivity index (χ0n) is 18.9. The molecule has 1 saturated heterocycles. The van der Waals surface area contributed by atoms with Crippen LogP contribution in [-0.2, 0) is 14.3 Å². The molecule has 0 bridgehead atoms. The predicted octanol–water partition coefficient (Wildman–Crippen LogP) is 3.00. The standard InChI is InChI=1S/C22H37N3O4/c1-9-10-15-13-17-16(11-12-25(17)19(28)29-21(6,7)8)22(15,23-14(2)26)18(27)24-20(3,4)5/h9,15-17H,1,10-13H2,2-8H3,(H,23,26)(H,24,27). The van der Waals surface area contributed by atoms with E-state index in [9.17, 15) is 14.4 Å². The molecule has 3 amide bonds. The summed E-state index contributed by atoms with van der Waals surface area (Å²) in [6.07, 6.45) is 3.25. The lowest BCUT2D eigenvalue weighted by Gasteiger charge is -2.40. The van der Waals surface area contributed by atoms with Gasteiger partial charge in [0.2, 0.25) is 11.8 Å². The number of rotatable bonds is 4. The molecule has 2 aliphatic rings. The number of allylic oxidation sites excluding steroid dienone is 1. The largest absolute Gasteiger partial charge is 0.444 e. The fraction of sp³-hybridized carbons (Fsp3) is 0.773. The van der Waals surface area contributed by atoms with Crippen LogP contribution in [0.15, 0.2) is 12.7 Å². The molecule has 29 heavy (non-hydrogen) atoms. The highest BCUT2D eigenvalue weighted by molar-refractivity contribution is 5.93. The highest BCUT2D eigenvalue weighted by Crippen LogP contribution is 2.50. The topological polar surface area (TPSA) is 87.7 Å². The van der Waals surface area contributed by atoms with Crippen molar-refractivity contribution >= 4 is 17.9 Å². The Kier molecular flexibility index (Phi) is 6.40. The van der Waals surface area contributed by atoms with Gasteiger partial charge < -0.3 is 20.3 Å². The second-order valence-electron chi connectivity index (χ2n) is 10.3. The van der Waals surface area contributed by atoms with Crippen LogP contribution in [0.3, 0.4) is 0 Å². The molecule has 0 radical (unpaired) electrons. The molecule has 1 aliphatic carbocycles. The van der Waals surface area contributed by atoms with Crippen LogP contribution >= 0.6 is 0 Å². The molecule has 2 fully saturated rings. The lowest BCUT2D eigenvalue weighted by atomic mass is 9.76. The van der Waals surface area contributed by atoms with Crippen molar-refractivity contribution in [2.75, 3.05) is 6.54 Å². The van der Waals surface area contributed by atoms with E-state index in [-0.39, 0.29) is 35.8 Å².